The van der Waals surface area contributed by atoms with E-state index in [4.69, 9.17) is 14.2 Å². The lowest BCUT2D eigenvalue weighted by atomic mass is 10.1. The fourth-order valence-corrected chi connectivity index (χ4v) is 6.58. The molecule has 1 unspecified atom stereocenters. The zero-order valence-electron chi connectivity index (χ0n) is 25.4. The molecule has 0 aliphatic carbocycles. The lowest BCUT2D eigenvalue weighted by molar-refractivity contribution is -0.115. The molecule has 0 spiro atoms. The molecule has 4 rings (SSSR count). The predicted molar refractivity (Wildman–Crippen MR) is 177 cm³/mol. The summed E-state index contributed by atoms with van der Waals surface area (Å²) in [6.07, 6.45) is 0.463. The van der Waals surface area contributed by atoms with Crippen LogP contribution in [0, 0.1) is 6.92 Å². The minimum absolute atomic E-state index is 0.130. The molecule has 4 aromatic rings. The molecule has 1 aromatic heterocycles. The van der Waals surface area contributed by atoms with E-state index in [0.29, 0.717) is 34.9 Å². The Morgan fingerprint density at radius 3 is 2.02 bits per heavy atom. The standard InChI is InChI=1S/C33H33N3O7S2/c1-6-25(44-22-15-10-14-21(18-22)35-30(38)27-23(41-3)16-11-17-24(27)42-4)29(37)36-32-26(33(40)43-5)19(2)28(45-32)31(39)34-20-12-8-7-9-13-20/h7-18,25H,6H2,1-5H3,(H,34,39)(H,35,38)(H,36,37). The van der Waals surface area contributed by atoms with E-state index in [0.717, 1.165) is 16.2 Å². The minimum atomic E-state index is -0.659. The van der Waals surface area contributed by atoms with E-state index in [1.165, 1.54) is 33.1 Å². The van der Waals surface area contributed by atoms with E-state index in [1.54, 1.807) is 67.6 Å². The number of amides is 3. The van der Waals surface area contributed by atoms with Gasteiger partial charge in [0.2, 0.25) is 5.91 Å². The van der Waals surface area contributed by atoms with Crippen LogP contribution in [0.4, 0.5) is 16.4 Å². The number of carbonyl (C=O) groups is 4. The number of thioether (sulfide) groups is 1. The van der Waals surface area contributed by atoms with Crippen molar-refractivity contribution in [1.82, 2.24) is 0 Å². The molecule has 12 heteroatoms. The molecule has 0 saturated carbocycles. The van der Waals surface area contributed by atoms with Gasteiger partial charge in [-0.1, -0.05) is 37.3 Å². The second kappa shape index (κ2) is 15.3. The van der Waals surface area contributed by atoms with Gasteiger partial charge in [-0.2, -0.15) is 0 Å². The fourth-order valence-electron chi connectivity index (χ4n) is 4.47. The average Bonchev–Trinajstić information content (AvgIpc) is 3.38. The third-order valence-electron chi connectivity index (χ3n) is 6.70. The topological polar surface area (TPSA) is 132 Å². The molecule has 234 valence electrons. The molecule has 0 radical (unpaired) electrons. The monoisotopic (exact) mass is 647 g/mol. The normalized spacial score (nSPS) is 11.2. The molecule has 1 atom stereocenters. The summed E-state index contributed by atoms with van der Waals surface area (Å²) in [4.78, 5) is 53.5. The Hall–Kier alpha value is -4.81. The van der Waals surface area contributed by atoms with Gasteiger partial charge in [-0.3, -0.25) is 14.4 Å². The molecule has 0 bridgehead atoms. The first kappa shape index (κ1) is 33.1. The molecule has 3 amide bonds. The Morgan fingerprint density at radius 1 is 0.778 bits per heavy atom. The molecular formula is C33H33N3O7S2. The maximum atomic E-state index is 13.5. The van der Waals surface area contributed by atoms with Gasteiger partial charge in [-0.15, -0.1) is 23.1 Å². The second-order valence-corrected chi connectivity index (χ2v) is 11.9. The van der Waals surface area contributed by atoms with Gasteiger partial charge in [0.15, 0.2) is 0 Å². The summed E-state index contributed by atoms with van der Waals surface area (Å²) >= 11 is 2.31. The van der Waals surface area contributed by atoms with Crippen LogP contribution in [0.2, 0.25) is 0 Å². The predicted octanol–water partition coefficient (Wildman–Crippen LogP) is 6.87. The van der Waals surface area contributed by atoms with Gasteiger partial charge < -0.3 is 30.2 Å². The van der Waals surface area contributed by atoms with Gasteiger partial charge >= 0.3 is 5.97 Å². The summed E-state index contributed by atoms with van der Waals surface area (Å²) in [5, 5.41) is 8.21. The van der Waals surface area contributed by atoms with Crippen molar-refractivity contribution in [3.05, 3.63) is 94.4 Å². The van der Waals surface area contributed by atoms with Gasteiger partial charge in [0.25, 0.3) is 11.8 Å². The number of anilines is 3. The van der Waals surface area contributed by atoms with E-state index < -0.39 is 23.0 Å². The third-order valence-corrected chi connectivity index (χ3v) is 9.26. The van der Waals surface area contributed by atoms with Gasteiger partial charge in [0.05, 0.1) is 37.0 Å². The van der Waals surface area contributed by atoms with E-state index in [-0.39, 0.29) is 26.9 Å². The van der Waals surface area contributed by atoms with Crippen molar-refractivity contribution in [3.8, 4) is 11.5 Å². The Labute approximate surface area is 269 Å². The SMILES string of the molecule is CCC(Sc1cccc(NC(=O)c2c(OC)cccc2OC)c1)C(=O)Nc1sc(C(=O)Nc2ccccc2)c(C)c1C(=O)OC. The number of benzene rings is 3. The van der Waals surface area contributed by atoms with Crippen molar-refractivity contribution in [3.63, 3.8) is 0 Å². The zero-order valence-corrected chi connectivity index (χ0v) is 27.0. The van der Waals surface area contributed by atoms with E-state index in [1.807, 2.05) is 19.1 Å². The molecular weight excluding hydrogens is 615 g/mol. The molecule has 0 fully saturated rings. The summed E-state index contributed by atoms with van der Waals surface area (Å²) < 4.78 is 15.7. The van der Waals surface area contributed by atoms with Crippen LogP contribution >= 0.6 is 23.1 Å². The molecule has 10 nitrogen and oxygen atoms in total. The smallest absolute Gasteiger partial charge is 0.341 e. The first-order chi connectivity index (χ1) is 21.7. The van der Waals surface area contributed by atoms with Crippen LogP contribution in [0.25, 0.3) is 0 Å². The Bertz CT molecular complexity index is 1680. The number of thiophene rings is 1. The maximum absolute atomic E-state index is 13.5. The molecule has 3 aromatic carbocycles. The number of carbonyl (C=O) groups excluding carboxylic acids is 4. The minimum Gasteiger partial charge on any atom is -0.496 e. The number of methoxy groups -OCH3 is 3. The number of rotatable bonds is 12. The maximum Gasteiger partial charge on any atom is 0.341 e. The highest BCUT2D eigenvalue weighted by atomic mass is 32.2. The van der Waals surface area contributed by atoms with Gasteiger partial charge in [0.1, 0.15) is 22.1 Å². The van der Waals surface area contributed by atoms with Crippen molar-refractivity contribution in [1.29, 1.82) is 0 Å². The summed E-state index contributed by atoms with van der Waals surface area (Å²) in [5.74, 6) is -1.08. The Kier molecular flexibility index (Phi) is 11.2. The van der Waals surface area contributed by atoms with Crippen molar-refractivity contribution in [2.45, 2.75) is 30.4 Å². The van der Waals surface area contributed by atoms with Crippen molar-refractivity contribution < 1.29 is 33.4 Å². The second-order valence-electron chi connectivity index (χ2n) is 9.60. The van der Waals surface area contributed by atoms with Crippen molar-refractivity contribution >= 4 is 63.2 Å². The van der Waals surface area contributed by atoms with Crippen LogP contribution in [0.3, 0.4) is 0 Å². The number of para-hydroxylation sites is 1. The van der Waals surface area contributed by atoms with Gasteiger partial charge in [0, 0.05) is 16.3 Å². The summed E-state index contributed by atoms with van der Waals surface area (Å²) in [7, 11) is 4.20. The summed E-state index contributed by atoms with van der Waals surface area (Å²) in [6.45, 7) is 3.52. The van der Waals surface area contributed by atoms with Crippen LogP contribution in [0.1, 0.15) is 49.3 Å². The summed E-state index contributed by atoms with van der Waals surface area (Å²) in [5.41, 5.74) is 1.92. The third kappa shape index (κ3) is 7.83. The highest BCUT2D eigenvalue weighted by Gasteiger charge is 2.28. The first-order valence-electron chi connectivity index (χ1n) is 13.9. The number of hydrogen-bond acceptors (Lipinski definition) is 9. The van der Waals surface area contributed by atoms with Crippen LogP contribution in [-0.4, -0.2) is 50.3 Å². The quantitative estimate of drug-likeness (QED) is 0.112. The number of nitrogens with one attached hydrogen (secondary N) is 3. The molecule has 0 aliphatic heterocycles. The summed E-state index contributed by atoms with van der Waals surface area (Å²) in [6, 6.07) is 21.1. The Morgan fingerprint density at radius 2 is 1.40 bits per heavy atom. The van der Waals surface area contributed by atoms with Crippen LogP contribution in [0.5, 0.6) is 11.5 Å². The molecule has 45 heavy (non-hydrogen) atoms. The number of esters is 1. The lowest BCUT2D eigenvalue weighted by Crippen LogP contribution is -2.25. The lowest BCUT2D eigenvalue weighted by Gasteiger charge is -2.16. The van der Waals surface area contributed by atoms with Crippen LogP contribution < -0.4 is 25.4 Å². The first-order valence-corrected chi connectivity index (χ1v) is 15.6. The fraction of sp³-hybridized carbons (Fsp3) is 0.212. The number of hydrogen-bond donors (Lipinski definition) is 3. The zero-order chi connectivity index (χ0) is 32.5. The van der Waals surface area contributed by atoms with E-state index >= 15 is 0 Å². The highest BCUT2D eigenvalue weighted by molar-refractivity contribution is 8.00. The van der Waals surface area contributed by atoms with Gasteiger partial charge in [-0.25, -0.2) is 4.79 Å². The van der Waals surface area contributed by atoms with E-state index in [9.17, 15) is 19.2 Å². The van der Waals surface area contributed by atoms with Crippen LogP contribution in [0.15, 0.2) is 77.7 Å². The van der Waals surface area contributed by atoms with Crippen molar-refractivity contribution in [2.24, 2.45) is 0 Å². The molecule has 1 heterocycles. The molecule has 0 saturated heterocycles. The average molecular weight is 648 g/mol. The highest BCUT2D eigenvalue weighted by Crippen LogP contribution is 2.36. The van der Waals surface area contributed by atoms with Crippen molar-refractivity contribution in [2.75, 3.05) is 37.3 Å². The molecule has 0 aliphatic rings. The van der Waals surface area contributed by atoms with E-state index in [2.05, 4.69) is 16.0 Å². The van der Waals surface area contributed by atoms with Crippen LogP contribution in [-0.2, 0) is 9.53 Å². The number of ether oxygens (including phenoxy) is 3. The largest absolute Gasteiger partial charge is 0.496 e. The molecule has 3 N–H and O–H groups in total. The van der Waals surface area contributed by atoms with Gasteiger partial charge in [-0.05, 0) is 61.4 Å². The Balaban J connectivity index is 1.52.